The number of nitrogens with one attached hydrogen (secondary N) is 1. The van der Waals surface area contributed by atoms with E-state index in [1.807, 2.05) is 4.90 Å². The van der Waals surface area contributed by atoms with E-state index in [0.29, 0.717) is 38.4 Å². The zero-order valence-corrected chi connectivity index (χ0v) is 19.8. The number of amides is 1. The number of halogens is 2. The van der Waals surface area contributed by atoms with Gasteiger partial charge in [0, 0.05) is 44.5 Å². The van der Waals surface area contributed by atoms with E-state index >= 15 is 0 Å². The lowest BCUT2D eigenvalue weighted by atomic mass is 10.1. The van der Waals surface area contributed by atoms with E-state index in [-0.39, 0.29) is 22.1 Å². The predicted molar refractivity (Wildman–Crippen MR) is 122 cm³/mol. The average molecular weight is 482 g/mol. The highest BCUT2D eigenvalue weighted by atomic mass is 32.2. The third kappa shape index (κ3) is 5.44. The molecule has 0 aliphatic carbocycles. The Hall–Kier alpha value is -2.72. The van der Waals surface area contributed by atoms with Crippen molar-refractivity contribution in [1.82, 2.24) is 9.62 Å². The van der Waals surface area contributed by atoms with E-state index in [9.17, 15) is 22.0 Å². The van der Waals surface area contributed by atoms with E-state index in [4.69, 9.17) is 4.74 Å². The van der Waals surface area contributed by atoms with Gasteiger partial charge in [0.2, 0.25) is 10.0 Å². The summed E-state index contributed by atoms with van der Waals surface area (Å²) in [4.78, 5) is 14.9. The van der Waals surface area contributed by atoms with Crippen molar-refractivity contribution in [1.29, 1.82) is 0 Å². The van der Waals surface area contributed by atoms with Crippen LogP contribution in [0, 0.1) is 17.6 Å². The summed E-state index contributed by atoms with van der Waals surface area (Å²) in [5, 5.41) is 2.86. The van der Waals surface area contributed by atoms with Gasteiger partial charge in [-0.25, -0.2) is 17.2 Å². The van der Waals surface area contributed by atoms with E-state index in [1.165, 1.54) is 41.7 Å². The monoisotopic (exact) mass is 481 g/mol. The molecular formula is C23H29F2N3O4S. The smallest absolute Gasteiger partial charge is 0.255 e. The highest BCUT2D eigenvalue weighted by molar-refractivity contribution is 7.89. The second-order valence-electron chi connectivity index (χ2n) is 7.86. The minimum atomic E-state index is -3.72. The Labute approximate surface area is 193 Å². The van der Waals surface area contributed by atoms with Crippen LogP contribution >= 0.6 is 0 Å². The van der Waals surface area contributed by atoms with Crippen molar-refractivity contribution in [3.63, 3.8) is 0 Å². The largest absolute Gasteiger partial charge is 0.496 e. The molecule has 1 aliphatic heterocycles. The van der Waals surface area contributed by atoms with Gasteiger partial charge in [0.05, 0.1) is 17.6 Å². The molecule has 3 rings (SSSR count). The van der Waals surface area contributed by atoms with Crippen LogP contribution in [-0.2, 0) is 10.0 Å². The van der Waals surface area contributed by atoms with Crippen LogP contribution in [0.1, 0.15) is 30.6 Å². The van der Waals surface area contributed by atoms with Crippen molar-refractivity contribution in [3.05, 3.63) is 53.6 Å². The van der Waals surface area contributed by atoms with Gasteiger partial charge >= 0.3 is 0 Å². The Morgan fingerprint density at radius 2 is 1.88 bits per heavy atom. The van der Waals surface area contributed by atoms with E-state index in [0.717, 1.165) is 12.5 Å². The lowest BCUT2D eigenvalue weighted by molar-refractivity contribution is 0.0945. The lowest BCUT2D eigenvalue weighted by Gasteiger charge is -2.20. The van der Waals surface area contributed by atoms with Crippen molar-refractivity contribution < 1.29 is 26.7 Å². The molecule has 7 nitrogen and oxygen atoms in total. The molecule has 180 valence electrons. The summed E-state index contributed by atoms with van der Waals surface area (Å²) < 4.78 is 59.0. The van der Waals surface area contributed by atoms with Gasteiger partial charge in [-0.15, -0.1) is 0 Å². The highest BCUT2D eigenvalue weighted by Crippen LogP contribution is 2.27. The molecule has 0 bridgehead atoms. The molecular weight excluding hydrogens is 452 g/mol. The molecule has 1 unspecified atom stereocenters. The number of carbonyl (C=O) groups excluding carboxylic acids is 1. The number of hydrogen-bond donors (Lipinski definition) is 1. The fraction of sp³-hybridized carbons (Fsp3) is 0.435. The second kappa shape index (κ2) is 10.5. The molecule has 33 heavy (non-hydrogen) atoms. The van der Waals surface area contributed by atoms with E-state index in [2.05, 4.69) is 5.32 Å². The van der Waals surface area contributed by atoms with Crippen LogP contribution in [0.25, 0.3) is 0 Å². The standard InChI is InChI=1S/C23H29F2N3O4S/c1-4-28(5-2)33(30,31)18-7-9-22(32-3)19(13-18)23(29)26-14-16-10-11-27(15-16)17-6-8-20(24)21(25)12-17/h6-9,12-13,16H,4-5,10-11,14-15H2,1-3H3,(H,26,29). The van der Waals surface area contributed by atoms with Crippen molar-refractivity contribution >= 4 is 21.6 Å². The van der Waals surface area contributed by atoms with Gasteiger partial charge in [-0.1, -0.05) is 13.8 Å². The Balaban J connectivity index is 1.69. The van der Waals surface area contributed by atoms with Crippen LogP contribution < -0.4 is 15.0 Å². The van der Waals surface area contributed by atoms with Crippen molar-refractivity contribution in [2.24, 2.45) is 5.92 Å². The van der Waals surface area contributed by atoms with Crippen LogP contribution in [0.2, 0.25) is 0 Å². The van der Waals surface area contributed by atoms with Crippen LogP contribution in [0.3, 0.4) is 0 Å². The number of benzene rings is 2. The Kier molecular flexibility index (Phi) is 7.91. The lowest BCUT2D eigenvalue weighted by Crippen LogP contribution is -2.32. The predicted octanol–water partition coefficient (Wildman–Crippen LogP) is 3.26. The normalized spacial score (nSPS) is 16.3. The summed E-state index contributed by atoms with van der Waals surface area (Å²) in [7, 11) is -2.31. The van der Waals surface area contributed by atoms with Crippen molar-refractivity contribution in [2.75, 3.05) is 44.7 Å². The molecule has 0 aromatic heterocycles. The minimum Gasteiger partial charge on any atom is -0.496 e. The fourth-order valence-corrected chi connectivity index (χ4v) is 5.47. The third-order valence-corrected chi connectivity index (χ3v) is 7.91. The number of methoxy groups -OCH3 is 1. The Morgan fingerprint density at radius 3 is 2.52 bits per heavy atom. The van der Waals surface area contributed by atoms with Gasteiger partial charge in [0.15, 0.2) is 11.6 Å². The molecule has 1 amide bonds. The van der Waals surface area contributed by atoms with E-state index in [1.54, 1.807) is 13.8 Å². The molecule has 0 saturated carbocycles. The fourth-order valence-electron chi connectivity index (χ4n) is 3.99. The van der Waals surface area contributed by atoms with Crippen LogP contribution in [0.15, 0.2) is 41.3 Å². The number of carbonyl (C=O) groups is 1. The van der Waals surface area contributed by atoms with Crippen LogP contribution in [-0.4, -0.2) is 58.5 Å². The first-order valence-electron chi connectivity index (χ1n) is 10.9. The average Bonchev–Trinajstić information content (AvgIpc) is 3.28. The van der Waals surface area contributed by atoms with Crippen molar-refractivity contribution in [3.8, 4) is 5.75 Å². The van der Waals surface area contributed by atoms with Gasteiger partial charge in [-0.05, 0) is 42.7 Å². The summed E-state index contributed by atoms with van der Waals surface area (Å²) in [6, 6.07) is 8.05. The number of rotatable bonds is 9. The quantitative estimate of drug-likeness (QED) is 0.595. The SMILES string of the molecule is CCN(CC)S(=O)(=O)c1ccc(OC)c(C(=O)NCC2CCN(c3ccc(F)c(F)c3)C2)c1. The van der Waals surface area contributed by atoms with Gasteiger partial charge in [-0.2, -0.15) is 4.31 Å². The summed E-state index contributed by atoms with van der Waals surface area (Å²) in [5.74, 6) is -1.83. The summed E-state index contributed by atoms with van der Waals surface area (Å²) in [6.07, 6.45) is 0.771. The molecule has 1 N–H and O–H groups in total. The molecule has 0 radical (unpaired) electrons. The van der Waals surface area contributed by atoms with Crippen LogP contribution in [0.4, 0.5) is 14.5 Å². The number of anilines is 1. The number of ether oxygens (including phenoxy) is 1. The number of sulfonamides is 1. The highest BCUT2D eigenvalue weighted by Gasteiger charge is 2.26. The van der Waals surface area contributed by atoms with Gasteiger partial charge < -0.3 is 15.0 Å². The molecule has 1 heterocycles. The third-order valence-electron chi connectivity index (χ3n) is 5.86. The first-order valence-corrected chi connectivity index (χ1v) is 12.3. The summed E-state index contributed by atoms with van der Waals surface area (Å²) in [6.45, 7) is 5.75. The maximum atomic E-state index is 13.5. The molecule has 2 aromatic rings. The molecule has 2 aromatic carbocycles. The first kappa shape index (κ1) is 24.9. The summed E-state index contributed by atoms with van der Waals surface area (Å²) >= 11 is 0. The molecule has 1 atom stereocenters. The molecule has 0 spiro atoms. The summed E-state index contributed by atoms with van der Waals surface area (Å²) in [5.41, 5.74) is 0.736. The Morgan fingerprint density at radius 1 is 1.15 bits per heavy atom. The molecule has 1 fully saturated rings. The van der Waals surface area contributed by atoms with Gasteiger partial charge in [-0.3, -0.25) is 4.79 Å². The zero-order valence-electron chi connectivity index (χ0n) is 19.0. The first-order chi connectivity index (χ1) is 15.7. The molecule has 10 heteroatoms. The second-order valence-corrected chi connectivity index (χ2v) is 9.80. The van der Waals surface area contributed by atoms with Gasteiger partial charge in [0.1, 0.15) is 5.75 Å². The van der Waals surface area contributed by atoms with Crippen LogP contribution in [0.5, 0.6) is 5.75 Å². The molecule has 1 aliphatic rings. The number of nitrogens with zero attached hydrogens (tertiary/aromatic N) is 2. The molecule has 1 saturated heterocycles. The Bertz CT molecular complexity index is 1110. The minimum absolute atomic E-state index is 0.0301. The van der Waals surface area contributed by atoms with Crippen molar-refractivity contribution in [2.45, 2.75) is 25.2 Å². The van der Waals surface area contributed by atoms with E-state index < -0.39 is 27.6 Å². The number of hydrogen-bond acceptors (Lipinski definition) is 5. The maximum Gasteiger partial charge on any atom is 0.255 e. The maximum absolute atomic E-state index is 13.5. The zero-order chi connectivity index (χ0) is 24.2. The topological polar surface area (TPSA) is 78.9 Å². The van der Waals surface area contributed by atoms with Gasteiger partial charge in [0.25, 0.3) is 5.91 Å².